The topological polar surface area (TPSA) is 93.4 Å². The maximum atomic E-state index is 12.8. The van der Waals surface area contributed by atoms with Crippen molar-refractivity contribution in [3.05, 3.63) is 75.6 Å². The third-order valence-corrected chi connectivity index (χ3v) is 7.32. The summed E-state index contributed by atoms with van der Waals surface area (Å²) in [6, 6.07) is 16.7. The van der Waals surface area contributed by atoms with Crippen molar-refractivity contribution in [3.8, 4) is 0 Å². The molecule has 3 N–H and O–H groups in total. The highest BCUT2D eigenvalue weighted by atomic mass is 35.5. The number of amides is 2. The van der Waals surface area contributed by atoms with E-state index < -0.39 is 0 Å². The van der Waals surface area contributed by atoms with Gasteiger partial charge in [0.1, 0.15) is 10.6 Å². The summed E-state index contributed by atoms with van der Waals surface area (Å²) in [6.45, 7) is 4.37. The van der Waals surface area contributed by atoms with Crippen LogP contribution in [0.25, 0.3) is 10.2 Å². The lowest BCUT2D eigenvalue weighted by molar-refractivity contribution is 0.0954. The van der Waals surface area contributed by atoms with E-state index in [9.17, 15) is 9.59 Å². The van der Waals surface area contributed by atoms with Gasteiger partial charge in [-0.25, -0.2) is 0 Å². The zero-order valence-electron chi connectivity index (χ0n) is 19.2. The summed E-state index contributed by atoms with van der Waals surface area (Å²) in [7, 11) is 2.13. The Kier molecular flexibility index (Phi) is 6.72. The van der Waals surface area contributed by atoms with E-state index in [1.165, 1.54) is 11.3 Å². The van der Waals surface area contributed by atoms with Crippen LogP contribution in [0.5, 0.6) is 0 Å². The van der Waals surface area contributed by atoms with Crippen molar-refractivity contribution in [2.24, 2.45) is 0 Å². The van der Waals surface area contributed by atoms with Crippen LogP contribution >= 0.6 is 22.9 Å². The normalized spacial score (nSPS) is 14.3. The van der Waals surface area contributed by atoms with Gasteiger partial charge < -0.3 is 20.4 Å². The molecule has 0 unspecified atom stereocenters. The number of hydrogen-bond acceptors (Lipinski definition) is 6. The van der Waals surface area contributed by atoms with Gasteiger partial charge in [0.05, 0.1) is 10.3 Å². The Balaban J connectivity index is 1.23. The first-order valence-electron chi connectivity index (χ1n) is 11.3. The van der Waals surface area contributed by atoms with Crippen molar-refractivity contribution in [3.63, 3.8) is 0 Å². The molecule has 1 aliphatic rings. The van der Waals surface area contributed by atoms with E-state index >= 15 is 0 Å². The van der Waals surface area contributed by atoms with Crippen molar-refractivity contribution < 1.29 is 9.59 Å². The molecule has 10 heteroatoms. The van der Waals surface area contributed by atoms with E-state index in [1.54, 1.807) is 12.1 Å². The molecule has 2 aromatic carbocycles. The van der Waals surface area contributed by atoms with E-state index in [0.29, 0.717) is 38.0 Å². The second-order valence-corrected chi connectivity index (χ2v) is 10.00. The Bertz CT molecular complexity index is 1360. The van der Waals surface area contributed by atoms with Gasteiger partial charge in [-0.3, -0.25) is 14.7 Å². The van der Waals surface area contributed by atoms with Crippen molar-refractivity contribution in [2.75, 3.05) is 43.4 Å². The van der Waals surface area contributed by atoms with Crippen molar-refractivity contribution in [1.29, 1.82) is 0 Å². The molecule has 0 aliphatic carbocycles. The summed E-state index contributed by atoms with van der Waals surface area (Å²) in [5.41, 5.74) is 2.59. The van der Waals surface area contributed by atoms with E-state index in [0.717, 1.165) is 37.4 Å². The van der Waals surface area contributed by atoms with Gasteiger partial charge in [0.25, 0.3) is 11.8 Å². The summed E-state index contributed by atoms with van der Waals surface area (Å²) < 4.78 is 0. The SMILES string of the molecule is CN1CCN(c2ccc(C(=O)Nc3[nH]nc4sc(C(=O)NCc5cccc(Cl)c5)cc34)cc2)CC1. The number of fused-ring (bicyclic) bond motifs is 1. The Morgan fingerprint density at radius 1 is 1.06 bits per heavy atom. The Labute approximate surface area is 211 Å². The fourth-order valence-corrected chi connectivity index (χ4v) is 5.13. The molecule has 0 saturated carbocycles. The first-order valence-corrected chi connectivity index (χ1v) is 12.5. The molecule has 1 saturated heterocycles. The minimum Gasteiger partial charge on any atom is -0.369 e. The summed E-state index contributed by atoms with van der Waals surface area (Å²) in [5.74, 6) is 0.0293. The lowest BCUT2D eigenvalue weighted by atomic mass is 10.1. The van der Waals surface area contributed by atoms with E-state index in [1.807, 2.05) is 42.5 Å². The number of aromatic nitrogens is 2. The number of hydrogen-bond donors (Lipinski definition) is 3. The van der Waals surface area contributed by atoms with Crippen LogP contribution in [-0.4, -0.2) is 60.1 Å². The van der Waals surface area contributed by atoms with Crippen LogP contribution in [0.4, 0.5) is 11.5 Å². The molecular formula is C25H25ClN6O2S. The maximum Gasteiger partial charge on any atom is 0.261 e. The molecule has 8 nitrogen and oxygen atoms in total. The van der Waals surface area contributed by atoms with Crippen molar-refractivity contribution in [2.45, 2.75) is 6.54 Å². The highest BCUT2D eigenvalue weighted by Crippen LogP contribution is 2.29. The third kappa shape index (κ3) is 5.32. The predicted octanol–water partition coefficient (Wildman–Crippen LogP) is 4.21. The fourth-order valence-electron chi connectivity index (χ4n) is 4.01. The van der Waals surface area contributed by atoms with E-state index in [-0.39, 0.29) is 11.8 Å². The molecule has 0 spiro atoms. The lowest BCUT2D eigenvalue weighted by Gasteiger charge is -2.34. The van der Waals surface area contributed by atoms with Gasteiger partial charge in [-0.15, -0.1) is 11.3 Å². The van der Waals surface area contributed by atoms with Gasteiger partial charge in [0, 0.05) is 49.0 Å². The number of anilines is 2. The number of carbonyl (C=O) groups is 2. The molecule has 0 bridgehead atoms. The molecule has 4 aromatic rings. The number of H-pyrrole nitrogens is 1. The number of likely N-dealkylation sites (N-methyl/N-ethyl adjacent to an activating group) is 1. The summed E-state index contributed by atoms with van der Waals surface area (Å²) >= 11 is 7.27. The quantitative estimate of drug-likeness (QED) is 0.363. The Hall–Kier alpha value is -3.40. The Morgan fingerprint density at radius 3 is 2.57 bits per heavy atom. The molecule has 1 aliphatic heterocycles. The molecule has 0 radical (unpaired) electrons. The fraction of sp³-hybridized carbons (Fsp3) is 0.240. The first kappa shape index (κ1) is 23.3. The highest BCUT2D eigenvalue weighted by molar-refractivity contribution is 7.20. The number of nitrogens with zero attached hydrogens (tertiary/aromatic N) is 3. The van der Waals surface area contributed by atoms with Gasteiger partial charge >= 0.3 is 0 Å². The predicted molar refractivity (Wildman–Crippen MR) is 141 cm³/mol. The minimum absolute atomic E-state index is 0.204. The molecule has 3 heterocycles. The van der Waals surface area contributed by atoms with Crippen molar-refractivity contribution >= 4 is 56.5 Å². The lowest BCUT2D eigenvalue weighted by Crippen LogP contribution is -2.44. The summed E-state index contributed by atoms with van der Waals surface area (Å²) in [4.78, 5) is 31.3. The highest BCUT2D eigenvalue weighted by Gasteiger charge is 2.18. The largest absolute Gasteiger partial charge is 0.369 e. The number of piperazine rings is 1. The number of benzene rings is 2. The van der Waals surface area contributed by atoms with Gasteiger partial charge in [0.2, 0.25) is 0 Å². The second-order valence-electron chi connectivity index (χ2n) is 8.53. The number of rotatable bonds is 6. The molecule has 35 heavy (non-hydrogen) atoms. The smallest absolute Gasteiger partial charge is 0.261 e. The summed E-state index contributed by atoms with van der Waals surface area (Å²) in [5, 5.41) is 14.2. The number of carbonyl (C=O) groups excluding carboxylic acids is 2. The average Bonchev–Trinajstić information content (AvgIpc) is 3.45. The molecule has 5 rings (SSSR count). The van der Waals surface area contributed by atoms with Gasteiger partial charge in [0.15, 0.2) is 0 Å². The average molecular weight is 509 g/mol. The molecule has 1 fully saturated rings. The van der Waals surface area contributed by atoms with Crippen LogP contribution in [0.1, 0.15) is 25.6 Å². The molecular weight excluding hydrogens is 484 g/mol. The first-order chi connectivity index (χ1) is 17.0. The number of aromatic amines is 1. The van der Waals surface area contributed by atoms with E-state index in [4.69, 9.17) is 11.6 Å². The number of thiophene rings is 1. The minimum atomic E-state index is -0.237. The van der Waals surface area contributed by atoms with Crippen LogP contribution in [0, 0.1) is 0 Å². The Morgan fingerprint density at radius 2 is 1.83 bits per heavy atom. The summed E-state index contributed by atoms with van der Waals surface area (Å²) in [6.07, 6.45) is 0. The van der Waals surface area contributed by atoms with Gasteiger partial charge in [-0.2, -0.15) is 5.10 Å². The molecule has 180 valence electrons. The zero-order chi connectivity index (χ0) is 24.4. The van der Waals surface area contributed by atoms with Crippen molar-refractivity contribution in [1.82, 2.24) is 20.4 Å². The van der Waals surface area contributed by atoms with Crippen LogP contribution in [0.2, 0.25) is 5.02 Å². The van der Waals surface area contributed by atoms with Crippen LogP contribution in [-0.2, 0) is 6.54 Å². The van der Waals surface area contributed by atoms with E-state index in [2.05, 4.69) is 37.7 Å². The van der Waals surface area contributed by atoms with Gasteiger partial charge in [-0.05, 0) is 55.1 Å². The van der Waals surface area contributed by atoms with Crippen LogP contribution < -0.4 is 15.5 Å². The van der Waals surface area contributed by atoms with Gasteiger partial charge in [-0.1, -0.05) is 23.7 Å². The van der Waals surface area contributed by atoms with Crippen LogP contribution in [0.3, 0.4) is 0 Å². The zero-order valence-corrected chi connectivity index (χ0v) is 20.7. The molecule has 0 atom stereocenters. The number of halogens is 1. The molecule has 2 aromatic heterocycles. The maximum absolute atomic E-state index is 12.8. The number of nitrogens with one attached hydrogen (secondary N) is 3. The monoisotopic (exact) mass is 508 g/mol. The molecule has 2 amide bonds. The standard InChI is InChI=1S/C25H25ClN6O2S/c1-31-9-11-32(12-10-31)19-7-5-17(6-8-19)23(33)28-22-20-14-21(35-25(20)30-29-22)24(34)27-15-16-3-2-4-18(26)13-16/h2-8,13-14H,9-12,15H2,1H3,(H,27,34)(H2,28,29,30,33). The third-order valence-electron chi connectivity index (χ3n) is 6.05. The second kappa shape index (κ2) is 10.1. The van der Waals surface area contributed by atoms with Crippen LogP contribution in [0.15, 0.2) is 54.6 Å².